The van der Waals surface area contributed by atoms with Crippen molar-refractivity contribution in [2.45, 2.75) is 6.42 Å². The van der Waals surface area contributed by atoms with Crippen molar-refractivity contribution in [1.82, 2.24) is 9.13 Å². The van der Waals surface area contributed by atoms with Gasteiger partial charge in [0.1, 0.15) is 0 Å². The zero-order valence-corrected chi connectivity index (χ0v) is 6.94. The molecule has 0 saturated carbocycles. The van der Waals surface area contributed by atoms with Crippen molar-refractivity contribution >= 4 is 5.97 Å². The third kappa shape index (κ3) is 1.39. The van der Waals surface area contributed by atoms with Gasteiger partial charge in [0, 0.05) is 26.0 Å². The van der Waals surface area contributed by atoms with Crippen LogP contribution in [0.3, 0.4) is 0 Å². The molecule has 0 radical (unpaired) electrons. The summed E-state index contributed by atoms with van der Waals surface area (Å²) in [6.07, 6.45) is 1.41. The Morgan fingerprint density at radius 3 is 2.50 bits per heavy atom. The maximum Gasteiger partial charge on any atom is 0.327 e. The molecule has 1 rings (SSSR count). The van der Waals surface area contributed by atoms with Gasteiger partial charge < -0.3 is 9.67 Å². The van der Waals surface area contributed by atoms with E-state index in [-0.39, 0.29) is 12.1 Å². The van der Waals surface area contributed by atoms with Gasteiger partial charge in [0.05, 0.1) is 6.42 Å². The lowest BCUT2D eigenvalue weighted by atomic mass is 10.3. The van der Waals surface area contributed by atoms with E-state index in [2.05, 4.69) is 0 Å². The van der Waals surface area contributed by atoms with E-state index < -0.39 is 5.97 Å². The maximum atomic E-state index is 11.1. The predicted octanol–water partition coefficient (Wildman–Crippen LogP) is -0.649. The van der Waals surface area contributed by atoms with Gasteiger partial charge in [-0.15, -0.1) is 0 Å². The van der Waals surface area contributed by atoms with Crippen molar-refractivity contribution in [2.75, 3.05) is 0 Å². The SMILES string of the molecule is Cn1cc(CC(=O)O)n(C)c1=O. The molecule has 5 heteroatoms. The van der Waals surface area contributed by atoms with Gasteiger partial charge in [-0.05, 0) is 0 Å². The standard InChI is InChI=1S/C7H10N2O3/c1-8-4-5(3-6(10)11)9(2)7(8)12/h4H,3H2,1-2H3,(H,10,11). The Bertz CT molecular complexity index is 361. The smallest absolute Gasteiger partial charge is 0.327 e. The normalized spacial score (nSPS) is 10.2. The highest BCUT2D eigenvalue weighted by molar-refractivity contribution is 5.69. The highest BCUT2D eigenvalue weighted by Crippen LogP contribution is 1.95. The zero-order valence-electron chi connectivity index (χ0n) is 6.94. The number of aliphatic carboxylic acids is 1. The summed E-state index contributed by atoms with van der Waals surface area (Å²) in [6, 6.07) is 0. The zero-order chi connectivity index (χ0) is 9.30. The van der Waals surface area contributed by atoms with Crippen molar-refractivity contribution in [3.8, 4) is 0 Å². The van der Waals surface area contributed by atoms with Crippen molar-refractivity contribution in [3.63, 3.8) is 0 Å². The largest absolute Gasteiger partial charge is 0.481 e. The molecule has 66 valence electrons. The fraction of sp³-hybridized carbons (Fsp3) is 0.429. The van der Waals surface area contributed by atoms with Gasteiger partial charge in [0.2, 0.25) is 0 Å². The first-order valence-corrected chi connectivity index (χ1v) is 3.45. The maximum absolute atomic E-state index is 11.1. The number of imidazole rings is 1. The molecular weight excluding hydrogens is 160 g/mol. The molecular formula is C7H10N2O3. The summed E-state index contributed by atoms with van der Waals surface area (Å²) in [5.74, 6) is -0.934. The minimum absolute atomic E-state index is 0.118. The third-order valence-electron chi connectivity index (χ3n) is 1.69. The fourth-order valence-electron chi connectivity index (χ4n) is 1.04. The van der Waals surface area contributed by atoms with Gasteiger partial charge in [-0.3, -0.25) is 9.36 Å². The lowest BCUT2D eigenvalue weighted by Crippen LogP contribution is -2.20. The number of nitrogens with zero attached hydrogens (tertiary/aromatic N) is 2. The Morgan fingerprint density at radius 1 is 1.58 bits per heavy atom. The molecule has 0 amide bonds. The summed E-state index contributed by atoms with van der Waals surface area (Å²) in [5, 5.41) is 8.47. The van der Waals surface area contributed by atoms with E-state index in [1.54, 1.807) is 14.1 Å². The molecule has 0 aliphatic carbocycles. The van der Waals surface area contributed by atoms with E-state index in [1.807, 2.05) is 0 Å². The first kappa shape index (κ1) is 8.58. The number of aromatic nitrogens is 2. The first-order valence-electron chi connectivity index (χ1n) is 3.45. The lowest BCUT2D eigenvalue weighted by molar-refractivity contribution is -0.136. The Morgan fingerprint density at radius 2 is 2.17 bits per heavy atom. The summed E-state index contributed by atoms with van der Waals surface area (Å²) in [4.78, 5) is 21.4. The van der Waals surface area contributed by atoms with Crippen LogP contribution in [0, 0.1) is 0 Å². The molecule has 0 spiro atoms. The van der Waals surface area contributed by atoms with Gasteiger partial charge >= 0.3 is 11.7 Å². The quantitative estimate of drug-likeness (QED) is 0.641. The minimum Gasteiger partial charge on any atom is -0.481 e. The van der Waals surface area contributed by atoms with E-state index in [0.717, 1.165) is 0 Å². The van der Waals surface area contributed by atoms with E-state index in [0.29, 0.717) is 5.69 Å². The Balaban J connectivity index is 3.10. The Kier molecular flexibility index (Phi) is 2.03. The second-order valence-electron chi connectivity index (χ2n) is 2.64. The monoisotopic (exact) mass is 170 g/mol. The Hall–Kier alpha value is -1.52. The second kappa shape index (κ2) is 2.84. The average Bonchev–Trinajstić information content (AvgIpc) is 2.17. The van der Waals surface area contributed by atoms with Crippen molar-refractivity contribution in [1.29, 1.82) is 0 Å². The molecule has 0 bridgehead atoms. The predicted molar refractivity (Wildman–Crippen MR) is 42.0 cm³/mol. The van der Waals surface area contributed by atoms with Crippen molar-refractivity contribution in [2.24, 2.45) is 14.1 Å². The molecule has 0 unspecified atom stereocenters. The van der Waals surface area contributed by atoms with Crippen molar-refractivity contribution in [3.05, 3.63) is 22.4 Å². The number of aryl methyl sites for hydroxylation is 1. The van der Waals surface area contributed by atoms with E-state index >= 15 is 0 Å². The van der Waals surface area contributed by atoms with Crippen LogP contribution < -0.4 is 5.69 Å². The molecule has 0 saturated heterocycles. The van der Waals surface area contributed by atoms with Crippen LogP contribution in [-0.4, -0.2) is 20.2 Å². The topological polar surface area (TPSA) is 64.2 Å². The van der Waals surface area contributed by atoms with E-state index in [9.17, 15) is 9.59 Å². The van der Waals surface area contributed by atoms with E-state index in [1.165, 1.54) is 15.3 Å². The van der Waals surface area contributed by atoms with Gasteiger partial charge in [-0.1, -0.05) is 0 Å². The molecule has 1 heterocycles. The van der Waals surface area contributed by atoms with Crippen LogP contribution in [0.1, 0.15) is 5.69 Å². The third-order valence-corrected chi connectivity index (χ3v) is 1.69. The first-order chi connectivity index (χ1) is 5.52. The summed E-state index contributed by atoms with van der Waals surface area (Å²) >= 11 is 0. The molecule has 5 nitrogen and oxygen atoms in total. The summed E-state index contributed by atoms with van der Waals surface area (Å²) < 4.78 is 2.69. The lowest BCUT2D eigenvalue weighted by Gasteiger charge is -1.94. The number of carboxylic acids is 1. The highest BCUT2D eigenvalue weighted by atomic mass is 16.4. The van der Waals surface area contributed by atoms with Crippen molar-refractivity contribution < 1.29 is 9.90 Å². The minimum atomic E-state index is -0.934. The van der Waals surface area contributed by atoms with Crippen LogP contribution >= 0.6 is 0 Å². The van der Waals surface area contributed by atoms with Gasteiger partial charge in [-0.25, -0.2) is 4.79 Å². The second-order valence-corrected chi connectivity index (χ2v) is 2.64. The number of hydrogen-bond acceptors (Lipinski definition) is 2. The molecule has 1 N–H and O–H groups in total. The molecule has 0 aliphatic rings. The average molecular weight is 170 g/mol. The molecule has 1 aromatic rings. The van der Waals surface area contributed by atoms with Crippen LogP contribution in [0.5, 0.6) is 0 Å². The van der Waals surface area contributed by atoms with Gasteiger partial charge in [0.15, 0.2) is 0 Å². The van der Waals surface area contributed by atoms with Crippen LogP contribution in [0.2, 0.25) is 0 Å². The highest BCUT2D eigenvalue weighted by Gasteiger charge is 2.08. The van der Waals surface area contributed by atoms with Crippen LogP contribution in [-0.2, 0) is 25.3 Å². The molecule has 0 fully saturated rings. The summed E-state index contributed by atoms with van der Waals surface area (Å²) in [5.41, 5.74) is 0.307. The van der Waals surface area contributed by atoms with Gasteiger partial charge in [0.25, 0.3) is 0 Å². The fourth-order valence-corrected chi connectivity index (χ4v) is 1.04. The number of rotatable bonds is 2. The number of carboxylic acid groups (broad SMARTS) is 1. The summed E-state index contributed by atoms with van der Waals surface area (Å²) in [6.45, 7) is 0. The van der Waals surface area contributed by atoms with Crippen LogP contribution in [0.15, 0.2) is 11.0 Å². The Labute approximate surface area is 68.9 Å². The molecule has 0 aliphatic heterocycles. The molecule has 1 aromatic heterocycles. The van der Waals surface area contributed by atoms with Gasteiger partial charge in [-0.2, -0.15) is 0 Å². The molecule has 0 aromatic carbocycles. The van der Waals surface area contributed by atoms with Crippen LogP contribution in [0.4, 0.5) is 0 Å². The summed E-state index contributed by atoms with van der Waals surface area (Å²) in [7, 11) is 3.15. The number of hydrogen-bond donors (Lipinski definition) is 1. The number of carbonyl (C=O) groups is 1. The molecule has 12 heavy (non-hydrogen) atoms. The molecule has 0 atom stereocenters. The van der Waals surface area contributed by atoms with E-state index in [4.69, 9.17) is 5.11 Å². The van der Waals surface area contributed by atoms with Crippen LogP contribution in [0.25, 0.3) is 0 Å².